The first-order valence-electron chi connectivity index (χ1n) is 6.91. The second kappa shape index (κ2) is 5.98. The van der Waals surface area contributed by atoms with Crippen LogP contribution in [0.3, 0.4) is 0 Å². The second-order valence-corrected chi connectivity index (χ2v) is 5.81. The quantitative estimate of drug-likeness (QED) is 0.919. The van der Waals surface area contributed by atoms with Crippen molar-refractivity contribution in [2.75, 3.05) is 0 Å². The molecule has 0 aliphatic rings. The van der Waals surface area contributed by atoms with Crippen molar-refractivity contribution in [1.82, 2.24) is 15.1 Å². The van der Waals surface area contributed by atoms with Crippen LogP contribution in [0.1, 0.15) is 48.4 Å². The number of rotatable bonds is 4. The molecule has 0 radical (unpaired) electrons. The Labute approximate surface area is 126 Å². The summed E-state index contributed by atoms with van der Waals surface area (Å²) in [5, 5.41) is 8.88. The fourth-order valence-electron chi connectivity index (χ4n) is 2.75. The number of aromatic nitrogens is 2. The van der Waals surface area contributed by atoms with Gasteiger partial charge in [-0.2, -0.15) is 5.10 Å². The minimum absolute atomic E-state index is 0.239. The summed E-state index contributed by atoms with van der Waals surface area (Å²) >= 11 is 6.06. The molecule has 0 saturated carbocycles. The summed E-state index contributed by atoms with van der Waals surface area (Å²) in [6.45, 7) is 8.50. The van der Waals surface area contributed by atoms with Gasteiger partial charge in [0.2, 0.25) is 0 Å². The summed E-state index contributed by atoms with van der Waals surface area (Å²) < 4.78 is 1.94. The number of benzene rings is 1. The maximum Gasteiger partial charge on any atom is 0.0644 e. The van der Waals surface area contributed by atoms with Crippen LogP contribution >= 0.6 is 11.6 Å². The maximum atomic E-state index is 6.06. The third-order valence-corrected chi connectivity index (χ3v) is 4.08. The summed E-state index contributed by atoms with van der Waals surface area (Å²) in [5.74, 6) is 0. The first-order valence-corrected chi connectivity index (χ1v) is 7.29. The van der Waals surface area contributed by atoms with E-state index >= 15 is 0 Å². The van der Waals surface area contributed by atoms with E-state index in [-0.39, 0.29) is 12.1 Å². The fourth-order valence-corrected chi connectivity index (χ4v) is 2.95. The molecule has 2 atom stereocenters. The van der Waals surface area contributed by atoms with E-state index in [1.54, 1.807) is 0 Å². The Morgan fingerprint density at radius 2 is 1.90 bits per heavy atom. The average Bonchev–Trinajstić information content (AvgIpc) is 2.63. The molecule has 1 heterocycles. The van der Waals surface area contributed by atoms with Crippen molar-refractivity contribution in [3.63, 3.8) is 0 Å². The number of nitrogens with one attached hydrogen (secondary N) is 1. The minimum atomic E-state index is 0.239. The molecular weight excluding hydrogens is 270 g/mol. The molecular formula is C16H22ClN3. The number of aryl methyl sites for hydroxylation is 2. The minimum Gasteiger partial charge on any atom is -0.304 e. The third kappa shape index (κ3) is 3.05. The summed E-state index contributed by atoms with van der Waals surface area (Å²) in [4.78, 5) is 0. The lowest BCUT2D eigenvalue weighted by Gasteiger charge is -2.21. The van der Waals surface area contributed by atoms with Crippen molar-refractivity contribution in [3.05, 3.63) is 51.8 Å². The predicted molar refractivity (Wildman–Crippen MR) is 84.1 cm³/mol. The van der Waals surface area contributed by atoms with Gasteiger partial charge in [-0.05, 0) is 45.4 Å². The Kier molecular flexibility index (Phi) is 4.51. The van der Waals surface area contributed by atoms with E-state index in [9.17, 15) is 0 Å². The molecule has 1 N–H and O–H groups in total. The van der Waals surface area contributed by atoms with Crippen LogP contribution in [-0.4, -0.2) is 9.78 Å². The molecule has 20 heavy (non-hydrogen) atoms. The lowest BCUT2D eigenvalue weighted by Crippen LogP contribution is -2.23. The highest BCUT2D eigenvalue weighted by Crippen LogP contribution is 2.25. The molecule has 108 valence electrons. The normalized spacial score (nSPS) is 14.3. The largest absolute Gasteiger partial charge is 0.304 e. The van der Waals surface area contributed by atoms with Crippen molar-refractivity contribution < 1.29 is 0 Å². The van der Waals surface area contributed by atoms with Crippen LogP contribution in [0.2, 0.25) is 5.02 Å². The van der Waals surface area contributed by atoms with Crippen LogP contribution in [0.25, 0.3) is 0 Å². The van der Waals surface area contributed by atoms with E-state index in [0.29, 0.717) is 0 Å². The van der Waals surface area contributed by atoms with Gasteiger partial charge < -0.3 is 5.32 Å². The van der Waals surface area contributed by atoms with Gasteiger partial charge in [0.15, 0.2) is 0 Å². The van der Waals surface area contributed by atoms with E-state index in [1.807, 2.05) is 29.9 Å². The Morgan fingerprint density at radius 1 is 1.20 bits per heavy atom. The van der Waals surface area contributed by atoms with E-state index in [4.69, 9.17) is 11.6 Å². The highest BCUT2D eigenvalue weighted by atomic mass is 35.5. The van der Waals surface area contributed by atoms with Crippen molar-refractivity contribution in [3.8, 4) is 0 Å². The molecule has 1 aromatic carbocycles. The highest BCUT2D eigenvalue weighted by molar-refractivity contribution is 6.30. The average molecular weight is 292 g/mol. The van der Waals surface area contributed by atoms with Gasteiger partial charge in [-0.15, -0.1) is 0 Å². The molecule has 2 rings (SSSR count). The zero-order chi connectivity index (χ0) is 14.9. The smallest absolute Gasteiger partial charge is 0.0644 e. The molecule has 0 aliphatic carbocycles. The Morgan fingerprint density at radius 3 is 2.45 bits per heavy atom. The highest BCUT2D eigenvalue weighted by Gasteiger charge is 2.18. The maximum absolute atomic E-state index is 6.06. The molecule has 0 bridgehead atoms. The molecule has 3 nitrogen and oxygen atoms in total. The SMILES string of the molecule is Cc1nn(C)c(C)c1C(C)N[C@@H](C)c1cccc(Cl)c1. The van der Waals surface area contributed by atoms with Crippen LogP contribution in [0.5, 0.6) is 0 Å². The second-order valence-electron chi connectivity index (χ2n) is 5.37. The fraction of sp³-hybridized carbons (Fsp3) is 0.438. The molecule has 0 fully saturated rings. The van der Waals surface area contributed by atoms with Crippen molar-refractivity contribution in [2.45, 2.75) is 39.8 Å². The number of halogens is 1. The Bertz CT molecular complexity index is 604. The standard InChI is InChI=1S/C16H22ClN3/c1-10(14-7-6-8-15(17)9-14)18-11(2)16-12(3)19-20(5)13(16)4/h6-11,18H,1-5H3/t10-,11?/m0/s1. The van der Waals surface area contributed by atoms with Gasteiger partial charge in [-0.3, -0.25) is 4.68 Å². The lowest BCUT2D eigenvalue weighted by molar-refractivity contribution is 0.491. The first kappa shape index (κ1) is 15.1. The monoisotopic (exact) mass is 291 g/mol. The third-order valence-electron chi connectivity index (χ3n) is 3.85. The summed E-state index contributed by atoms with van der Waals surface area (Å²) in [5.41, 5.74) is 4.77. The summed E-state index contributed by atoms with van der Waals surface area (Å²) in [6, 6.07) is 8.48. The van der Waals surface area contributed by atoms with Crippen LogP contribution < -0.4 is 5.32 Å². The van der Waals surface area contributed by atoms with Crippen LogP contribution in [-0.2, 0) is 7.05 Å². The lowest BCUT2D eigenvalue weighted by atomic mass is 10.0. The number of nitrogens with zero attached hydrogens (tertiary/aromatic N) is 2. The summed E-state index contributed by atoms with van der Waals surface area (Å²) in [6.07, 6.45) is 0. The number of hydrogen-bond acceptors (Lipinski definition) is 2. The van der Waals surface area contributed by atoms with Gasteiger partial charge in [0.05, 0.1) is 5.69 Å². The first-order chi connectivity index (χ1) is 9.40. The van der Waals surface area contributed by atoms with Crippen LogP contribution in [0, 0.1) is 13.8 Å². The Hall–Kier alpha value is -1.32. The molecule has 1 aromatic heterocycles. The molecule has 4 heteroatoms. The Balaban J connectivity index is 2.17. The van der Waals surface area contributed by atoms with Gasteiger partial charge in [-0.25, -0.2) is 0 Å². The van der Waals surface area contributed by atoms with Crippen molar-refractivity contribution >= 4 is 11.6 Å². The van der Waals surface area contributed by atoms with Crippen molar-refractivity contribution in [1.29, 1.82) is 0 Å². The van der Waals surface area contributed by atoms with Gasteiger partial charge in [0.1, 0.15) is 0 Å². The predicted octanol–water partition coefficient (Wildman–Crippen LogP) is 4.10. The molecule has 1 unspecified atom stereocenters. The molecule has 2 aromatic rings. The van der Waals surface area contributed by atoms with E-state index in [0.717, 1.165) is 10.7 Å². The van der Waals surface area contributed by atoms with Crippen LogP contribution in [0.4, 0.5) is 0 Å². The topological polar surface area (TPSA) is 29.9 Å². The molecule has 0 saturated heterocycles. The zero-order valence-electron chi connectivity index (χ0n) is 12.7. The molecule has 0 spiro atoms. The van der Waals surface area contributed by atoms with E-state index < -0.39 is 0 Å². The number of hydrogen-bond donors (Lipinski definition) is 1. The van der Waals surface area contributed by atoms with Crippen molar-refractivity contribution in [2.24, 2.45) is 7.05 Å². The van der Waals surface area contributed by atoms with Gasteiger partial charge in [0, 0.05) is 35.4 Å². The summed E-state index contributed by atoms with van der Waals surface area (Å²) in [7, 11) is 1.99. The zero-order valence-corrected chi connectivity index (χ0v) is 13.5. The van der Waals surface area contributed by atoms with Crippen LogP contribution in [0.15, 0.2) is 24.3 Å². The molecule has 0 aliphatic heterocycles. The molecule has 0 amide bonds. The van der Waals surface area contributed by atoms with Gasteiger partial charge >= 0.3 is 0 Å². The van der Waals surface area contributed by atoms with E-state index in [2.05, 4.69) is 44.2 Å². The van der Waals surface area contributed by atoms with Gasteiger partial charge in [0.25, 0.3) is 0 Å². The van der Waals surface area contributed by atoms with Gasteiger partial charge in [-0.1, -0.05) is 23.7 Å². The van der Waals surface area contributed by atoms with E-state index in [1.165, 1.54) is 16.8 Å².